The molecule has 0 aliphatic carbocycles. The minimum Gasteiger partial charge on any atom is -0.352 e. The molecule has 7 heteroatoms. The fraction of sp³-hybridized carbons (Fsp3) is 0.364. The molecule has 1 aliphatic rings. The van der Waals surface area contributed by atoms with Crippen LogP contribution in [0.5, 0.6) is 0 Å². The van der Waals surface area contributed by atoms with E-state index in [4.69, 9.17) is 11.6 Å². The number of hydrogen-bond acceptors (Lipinski definition) is 2. The third-order valence-electron chi connectivity index (χ3n) is 5.10. The number of rotatable bonds is 6. The van der Waals surface area contributed by atoms with Crippen molar-refractivity contribution in [2.24, 2.45) is 5.92 Å². The minimum absolute atomic E-state index is 0.0220. The van der Waals surface area contributed by atoms with E-state index in [2.05, 4.69) is 10.6 Å². The monoisotopic (exact) mass is 417 g/mol. The van der Waals surface area contributed by atoms with E-state index in [1.807, 2.05) is 18.2 Å². The van der Waals surface area contributed by atoms with Gasteiger partial charge in [-0.05, 0) is 55.0 Å². The Balaban J connectivity index is 1.42. The van der Waals surface area contributed by atoms with Crippen molar-refractivity contribution in [3.63, 3.8) is 0 Å². The van der Waals surface area contributed by atoms with Crippen LogP contribution in [0.15, 0.2) is 48.5 Å². The Morgan fingerprint density at radius 1 is 1.17 bits per heavy atom. The number of urea groups is 1. The lowest BCUT2D eigenvalue weighted by molar-refractivity contribution is -0.121. The van der Waals surface area contributed by atoms with Gasteiger partial charge in [-0.15, -0.1) is 0 Å². The average Bonchev–Trinajstić information content (AvgIpc) is 2.72. The van der Waals surface area contributed by atoms with E-state index < -0.39 is 0 Å². The number of amides is 3. The lowest BCUT2D eigenvalue weighted by Crippen LogP contribution is -2.42. The largest absolute Gasteiger partial charge is 0.352 e. The highest BCUT2D eigenvalue weighted by molar-refractivity contribution is 6.31. The summed E-state index contributed by atoms with van der Waals surface area (Å²) in [5, 5.41) is 6.28. The third kappa shape index (κ3) is 6.46. The van der Waals surface area contributed by atoms with Gasteiger partial charge in [-0.1, -0.05) is 35.9 Å². The van der Waals surface area contributed by atoms with E-state index in [-0.39, 0.29) is 23.7 Å². The second-order valence-corrected chi connectivity index (χ2v) is 7.71. The van der Waals surface area contributed by atoms with Crippen molar-refractivity contribution in [2.45, 2.75) is 32.2 Å². The molecule has 2 N–H and O–H groups in total. The third-order valence-corrected chi connectivity index (χ3v) is 5.46. The van der Waals surface area contributed by atoms with Gasteiger partial charge in [0.2, 0.25) is 5.91 Å². The number of carbonyl (C=O) groups is 2. The molecule has 1 unspecified atom stereocenters. The zero-order valence-electron chi connectivity index (χ0n) is 16.2. The van der Waals surface area contributed by atoms with Crippen LogP contribution >= 0.6 is 11.6 Å². The van der Waals surface area contributed by atoms with Crippen molar-refractivity contribution >= 4 is 29.2 Å². The van der Waals surface area contributed by atoms with E-state index in [0.29, 0.717) is 36.8 Å². The highest BCUT2D eigenvalue weighted by atomic mass is 35.5. The second kappa shape index (κ2) is 10.3. The fourth-order valence-corrected chi connectivity index (χ4v) is 3.72. The smallest absolute Gasteiger partial charge is 0.321 e. The van der Waals surface area contributed by atoms with Crippen molar-refractivity contribution in [3.05, 3.63) is 64.9 Å². The molecular formula is C22H25ClFN3O2. The van der Waals surface area contributed by atoms with Crippen molar-refractivity contribution < 1.29 is 14.0 Å². The summed E-state index contributed by atoms with van der Waals surface area (Å²) in [4.78, 5) is 26.4. The molecule has 2 aromatic carbocycles. The molecule has 154 valence electrons. The maximum absolute atomic E-state index is 13.3. The lowest BCUT2D eigenvalue weighted by Gasteiger charge is -2.32. The molecular weight excluding hydrogens is 393 g/mol. The van der Waals surface area contributed by atoms with Gasteiger partial charge >= 0.3 is 6.03 Å². The number of nitrogens with one attached hydrogen (secondary N) is 2. The number of likely N-dealkylation sites (tertiary alicyclic amines) is 1. The first kappa shape index (κ1) is 21.1. The summed E-state index contributed by atoms with van der Waals surface area (Å²) in [5.41, 5.74) is 1.33. The van der Waals surface area contributed by atoms with Gasteiger partial charge in [0, 0.05) is 36.8 Å². The van der Waals surface area contributed by atoms with Crippen LogP contribution in [0.4, 0.5) is 14.9 Å². The zero-order chi connectivity index (χ0) is 20.6. The Kier molecular flexibility index (Phi) is 7.47. The Labute approximate surface area is 175 Å². The number of halogens is 2. The summed E-state index contributed by atoms with van der Waals surface area (Å²) in [5.74, 6) is -0.138. The van der Waals surface area contributed by atoms with Gasteiger partial charge in [-0.2, -0.15) is 0 Å². The molecule has 0 spiro atoms. The molecule has 0 radical (unpaired) electrons. The van der Waals surface area contributed by atoms with E-state index in [1.165, 1.54) is 12.1 Å². The van der Waals surface area contributed by atoms with E-state index in [1.54, 1.807) is 23.1 Å². The highest BCUT2D eigenvalue weighted by Gasteiger charge is 2.24. The van der Waals surface area contributed by atoms with Gasteiger partial charge in [0.15, 0.2) is 0 Å². The number of piperidine rings is 1. The standard InChI is InChI=1S/C22H25ClFN3O2/c23-20-9-2-1-6-17(20)14-25-21(28)11-10-16-5-4-12-27(15-16)22(29)26-19-8-3-7-18(24)13-19/h1-3,6-9,13,16H,4-5,10-12,14-15H2,(H,25,28)(H,26,29). The topological polar surface area (TPSA) is 61.4 Å². The van der Waals surface area contributed by atoms with E-state index in [0.717, 1.165) is 24.8 Å². The van der Waals surface area contributed by atoms with Crippen LogP contribution < -0.4 is 10.6 Å². The van der Waals surface area contributed by atoms with Crippen LogP contribution in [0.1, 0.15) is 31.2 Å². The molecule has 0 bridgehead atoms. The Bertz CT molecular complexity index is 861. The molecule has 29 heavy (non-hydrogen) atoms. The first-order valence-corrected chi connectivity index (χ1v) is 10.2. The van der Waals surface area contributed by atoms with Gasteiger partial charge in [-0.3, -0.25) is 4.79 Å². The van der Waals surface area contributed by atoms with Gasteiger partial charge < -0.3 is 15.5 Å². The van der Waals surface area contributed by atoms with E-state index >= 15 is 0 Å². The average molecular weight is 418 g/mol. The molecule has 3 rings (SSSR count). The Morgan fingerprint density at radius 2 is 2.00 bits per heavy atom. The van der Waals surface area contributed by atoms with Crippen molar-refractivity contribution in [1.29, 1.82) is 0 Å². The first-order chi connectivity index (χ1) is 14.0. The van der Waals surface area contributed by atoms with Crippen molar-refractivity contribution in [2.75, 3.05) is 18.4 Å². The lowest BCUT2D eigenvalue weighted by atomic mass is 9.93. The van der Waals surface area contributed by atoms with Crippen molar-refractivity contribution in [1.82, 2.24) is 10.2 Å². The number of anilines is 1. The maximum Gasteiger partial charge on any atom is 0.321 e. The predicted octanol–water partition coefficient (Wildman–Crippen LogP) is 4.82. The van der Waals surface area contributed by atoms with Gasteiger partial charge in [0.05, 0.1) is 0 Å². The quantitative estimate of drug-likeness (QED) is 0.707. The van der Waals surface area contributed by atoms with Crippen LogP contribution in [0.2, 0.25) is 5.02 Å². The van der Waals surface area contributed by atoms with Crippen LogP contribution in [-0.4, -0.2) is 29.9 Å². The van der Waals surface area contributed by atoms with Gasteiger partial charge in [0.1, 0.15) is 5.82 Å². The highest BCUT2D eigenvalue weighted by Crippen LogP contribution is 2.22. The summed E-state index contributed by atoms with van der Waals surface area (Å²) >= 11 is 6.10. The molecule has 5 nitrogen and oxygen atoms in total. The second-order valence-electron chi connectivity index (χ2n) is 7.30. The van der Waals surface area contributed by atoms with Crippen molar-refractivity contribution in [3.8, 4) is 0 Å². The van der Waals surface area contributed by atoms with Crippen LogP contribution in [-0.2, 0) is 11.3 Å². The molecule has 3 amide bonds. The van der Waals surface area contributed by atoms with Crippen LogP contribution in [0, 0.1) is 11.7 Å². The maximum atomic E-state index is 13.3. The number of nitrogens with zero attached hydrogens (tertiary/aromatic N) is 1. The molecule has 0 saturated carbocycles. The predicted molar refractivity (Wildman–Crippen MR) is 112 cm³/mol. The number of carbonyl (C=O) groups excluding carboxylic acids is 2. The molecule has 2 aromatic rings. The summed E-state index contributed by atoms with van der Waals surface area (Å²) < 4.78 is 13.3. The molecule has 1 aliphatic heterocycles. The summed E-state index contributed by atoms with van der Waals surface area (Å²) in [7, 11) is 0. The van der Waals surface area contributed by atoms with Gasteiger partial charge in [0.25, 0.3) is 0 Å². The normalized spacial score (nSPS) is 16.3. The minimum atomic E-state index is -0.387. The Hall–Kier alpha value is -2.60. The van der Waals surface area contributed by atoms with Crippen LogP contribution in [0.25, 0.3) is 0 Å². The molecule has 0 aromatic heterocycles. The zero-order valence-corrected chi connectivity index (χ0v) is 16.9. The van der Waals surface area contributed by atoms with Crippen LogP contribution in [0.3, 0.4) is 0 Å². The van der Waals surface area contributed by atoms with Gasteiger partial charge in [-0.25, -0.2) is 9.18 Å². The summed E-state index contributed by atoms with van der Waals surface area (Å²) in [6, 6.07) is 13.0. The SMILES string of the molecule is O=C(CCC1CCCN(C(=O)Nc2cccc(F)c2)C1)NCc1ccccc1Cl. The number of benzene rings is 2. The fourth-order valence-electron chi connectivity index (χ4n) is 3.51. The Morgan fingerprint density at radius 3 is 2.79 bits per heavy atom. The molecule has 1 saturated heterocycles. The first-order valence-electron chi connectivity index (χ1n) is 9.83. The molecule has 1 heterocycles. The summed E-state index contributed by atoms with van der Waals surface area (Å²) in [6.07, 6.45) is 3.01. The number of hydrogen-bond donors (Lipinski definition) is 2. The molecule has 1 atom stereocenters. The summed E-state index contributed by atoms with van der Waals surface area (Å²) in [6.45, 7) is 1.67. The molecule has 1 fully saturated rings. The van der Waals surface area contributed by atoms with E-state index in [9.17, 15) is 14.0 Å².